The van der Waals surface area contributed by atoms with E-state index in [0.29, 0.717) is 29.5 Å². The predicted molar refractivity (Wildman–Crippen MR) is 176 cm³/mol. The van der Waals surface area contributed by atoms with E-state index in [1.54, 1.807) is 18.5 Å². The quantitative estimate of drug-likeness (QED) is 0.197. The lowest BCUT2D eigenvalue weighted by Gasteiger charge is -2.30. The lowest BCUT2D eigenvalue weighted by atomic mass is 10.2. The predicted octanol–water partition coefficient (Wildman–Crippen LogP) is 5.84. The van der Waals surface area contributed by atoms with Crippen LogP contribution in [0.25, 0.3) is 0 Å². The van der Waals surface area contributed by atoms with Gasteiger partial charge in [0.1, 0.15) is 17.1 Å². The molecule has 1 saturated heterocycles. The van der Waals surface area contributed by atoms with Gasteiger partial charge in [0.05, 0.1) is 30.4 Å². The van der Waals surface area contributed by atoms with Gasteiger partial charge in [0.25, 0.3) is 5.91 Å². The molecule has 3 N–H and O–H groups in total. The van der Waals surface area contributed by atoms with E-state index in [2.05, 4.69) is 48.9 Å². The number of nitrogens with one attached hydrogen (secondary N) is 3. The number of ether oxygens (including phenoxy) is 2. The molecule has 0 bridgehead atoms. The van der Waals surface area contributed by atoms with E-state index in [1.165, 1.54) is 0 Å². The summed E-state index contributed by atoms with van der Waals surface area (Å²) < 4.78 is 11.3. The molecule has 0 unspecified atom stereocenters. The fourth-order valence-electron chi connectivity index (χ4n) is 4.76. The van der Waals surface area contributed by atoms with Gasteiger partial charge in [0.2, 0.25) is 0 Å². The molecule has 0 aliphatic carbocycles. The van der Waals surface area contributed by atoms with Crippen molar-refractivity contribution >= 4 is 23.1 Å². The molecule has 0 radical (unpaired) electrons. The summed E-state index contributed by atoms with van der Waals surface area (Å²) in [5.74, 6) is 1.59. The lowest BCUT2D eigenvalue weighted by molar-refractivity contribution is 0.0364. The number of hydrogen-bond acceptors (Lipinski definition) is 9. The summed E-state index contributed by atoms with van der Waals surface area (Å²) >= 11 is 0. The highest BCUT2D eigenvalue weighted by Crippen LogP contribution is 2.25. The van der Waals surface area contributed by atoms with Gasteiger partial charge in [-0.15, -0.1) is 0 Å². The average Bonchev–Trinajstić information content (AvgIpc) is 2.97. The van der Waals surface area contributed by atoms with Crippen LogP contribution in [-0.2, 0) is 16.0 Å². The molecule has 44 heavy (non-hydrogen) atoms. The van der Waals surface area contributed by atoms with Crippen LogP contribution in [-0.4, -0.2) is 70.7 Å². The Morgan fingerprint density at radius 2 is 1.75 bits per heavy atom. The van der Waals surface area contributed by atoms with Crippen molar-refractivity contribution in [1.29, 1.82) is 0 Å². The van der Waals surface area contributed by atoms with Crippen LogP contribution in [0.5, 0.6) is 0 Å². The Bertz CT molecular complexity index is 1410. The van der Waals surface area contributed by atoms with Crippen LogP contribution in [0.2, 0.25) is 0 Å². The summed E-state index contributed by atoms with van der Waals surface area (Å²) in [5.41, 5.74) is 3.27. The number of carbonyl (C=O) groups excluding carboxylic acids is 1. The summed E-state index contributed by atoms with van der Waals surface area (Å²) in [6.45, 7) is 22.0. The Balaban J connectivity index is 1.40. The Morgan fingerprint density at radius 3 is 2.41 bits per heavy atom. The van der Waals surface area contributed by atoms with E-state index < -0.39 is 5.60 Å². The molecule has 1 amide bonds. The minimum Gasteiger partial charge on any atom is -0.474 e. The van der Waals surface area contributed by atoms with E-state index in [0.717, 1.165) is 68.6 Å². The molecule has 3 aromatic rings. The standard InChI is InChI=1S/C34H45N7O3/c1-25-14-15-35-32(22-25)37-26(2)41(17-9-16-40-18-20-43-21-19-40)24-28-12-13-31(36-23-28)33(42)39-30-11-8-7-10-29(30)38-27(3)44-34(4,5)6/h7-8,10-15,22-23,38H,2-3,9,16-21,24H2,1,4-6H3,(H,35,37)(H,39,42). The Labute approximate surface area is 261 Å². The SMILES string of the molecule is C=C(Nc1ccccc1NC(=O)c1ccc(CN(CCCN2CCOCC2)C(=C)Nc2cc(C)ccn2)cn1)OC(C)(C)C. The Morgan fingerprint density at radius 1 is 1.02 bits per heavy atom. The van der Waals surface area contributed by atoms with Crippen LogP contribution >= 0.6 is 0 Å². The number of rotatable bonds is 14. The Kier molecular flexibility index (Phi) is 11.3. The molecule has 0 saturated carbocycles. The maximum absolute atomic E-state index is 13.1. The number of aromatic nitrogens is 2. The fraction of sp³-hybridized carbons (Fsp3) is 0.382. The van der Waals surface area contributed by atoms with Gasteiger partial charge in [-0.05, 0) is 82.2 Å². The van der Waals surface area contributed by atoms with Crippen LogP contribution in [0.3, 0.4) is 0 Å². The van der Waals surface area contributed by atoms with Crippen molar-refractivity contribution in [1.82, 2.24) is 19.8 Å². The van der Waals surface area contributed by atoms with Gasteiger partial charge in [-0.25, -0.2) is 4.98 Å². The summed E-state index contributed by atoms with van der Waals surface area (Å²) in [6, 6.07) is 15.0. The van der Waals surface area contributed by atoms with E-state index in [-0.39, 0.29) is 5.91 Å². The maximum atomic E-state index is 13.1. The Hall–Kier alpha value is -4.41. The monoisotopic (exact) mass is 599 g/mol. The van der Waals surface area contributed by atoms with E-state index in [4.69, 9.17) is 9.47 Å². The number of amides is 1. The molecule has 3 heterocycles. The first-order valence-corrected chi connectivity index (χ1v) is 15.0. The number of carbonyl (C=O) groups is 1. The number of aryl methyl sites for hydroxylation is 1. The van der Waals surface area contributed by atoms with Crippen LogP contribution in [0.4, 0.5) is 17.2 Å². The molecule has 1 aromatic carbocycles. The summed E-state index contributed by atoms with van der Waals surface area (Å²) in [7, 11) is 0. The minimum atomic E-state index is -0.397. The van der Waals surface area contributed by atoms with Gasteiger partial charge in [0.15, 0.2) is 5.88 Å². The molecule has 0 spiro atoms. The molecule has 1 aliphatic rings. The third-order valence-corrected chi connectivity index (χ3v) is 6.89. The first-order chi connectivity index (χ1) is 21.1. The van der Waals surface area contributed by atoms with Crippen LogP contribution in [0, 0.1) is 6.92 Å². The van der Waals surface area contributed by atoms with Crippen molar-refractivity contribution in [2.24, 2.45) is 0 Å². The van der Waals surface area contributed by atoms with Gasteiger partial charge in [-0.2, -0.15) is 0 Å². The molecule has 10 nitrogen and oxygen atoms in total. The molecule has 1 fully saturated rings. The second kappa shape index (κ2) is 15.4. The average molecular weight is 600 g/mol. The molecular formula is C34H45N7O3. The normalized spacial score (nSPS) is 13.5. The van der Waals surface area contributed by atoms with Gasteiger partial charge in [-0.1, -0.05) is 24.8 Å². The van der Waals surface area contributed by atoms with Crippen LogP contribution < -0.4 is 16.0 Å². The molecule has 10 heteroatoms. The van der Waals surface area contributed by atoms with Gasteiger partial charge in [0, 0.05) is 45.1 Å². The first-order valence-electron chi connectivity index (χ1n) is 15.0. The maximum Gasteiger partial charge on any atom is 0.274 e. The highest BCUT2D eigenvalue weighted by atomic mass is 16.5. The first kappa shape index (κ1) is 32.5. The zero-order chi connectivity index (χ0) is 31.5. The third kappa shape index (κ3) is 10.4. The number of morpholine rings is 1. The minimum absolute atomic E-state index is 0.313. The number of anilines is 3. The largest absolute Gasteiger partial charge is 0.474 e. The van der Waals surface area contributed by atoms with E-state index in [1.807, 2.05) is 70.2 Å². The number of nitrogens with zero attached hydrogens (tertiary/aromatic N) is 4. The van der Waals surface area contributed by atoms with Crippen molar-refractivity contribution < 1.29 is 14.3 Å². The number of benzene rings is 1. The van der Waals surface area contributed by atoms with E-state index in [9.17, 15) is 4.79 Å². The fourth-order valence-corrected chi connectivity index (χ4v) is 4.76. The van der Waals surface area contributed by atoms with Crippen molar-refractivity contribution in [3.63, 3.8) is 0 Å². The second-order valence-corrected chi connectivity index (χ2v) is 11.8. The van der Waals surface area contributed by atoms with Crippen molar-refractivity contribution in [2.45, 2.75) is 46.3 Å². The summed E-state index contributed by atoms with van der Waals surface area (Å²) in [5, 5.41) is 9.45. The van der Waals surface area contributed by atoms with Crippen LogP contribution in [0.1, 0.15) is 48.8 Å². The van der Waals surface area contributed by atoms with E-state index >= 15 is 0 Å². The molecular weight excluding hydrogens is 554 g/mol. The van der Waals surface area contributed by atoms with Gasteiger partial charge in [-0.3, -0.25) is 14.7 Å². The lowest BCUT2D eigenvalue weighted by Crippen LogP contribution is -2.38. The van der Waals surface area contributed by atoms with Crippen LogP contribution in [0.15, 0.2) is 85.8 Å². The zero-order valence-corrected chi connectivity index (χ0v) is 26.4. The molecule has 0 atom stereocenters. The smallest absolute Gasteiger partial charge is 0.274 e. The molecule has 234 valence electrons. The number of pyridine rings is 2. The van der Waals surface area contributed by atoms with Gasteiger partial charge >= 0.3 is 0 Å². The number of para-hydroxylation sites is 2. The van der Waals surface area contributed by atoms with Crippen molar-refractivity contribution in [3.05, 3.63) is 103 Å². The molecule has 2 aromatic heterocycles. The van der Waals surface area contributed by atoms with Gasteiger partial charge < -0.3 is 30.3 Å². The molecule has 4 rings (SSSR count). The van der Waals surface area contributed by atoms with Crippen molar-refractivity contribution in [2.75, 3.05) is 55.3 Å². The third-order valence-electron chi connectivity index (χ3n) is 6.89. The number of hydrogen-bond donors (Lipinski definition) is 3. The highest BCUT2D eigenvalue weighted by molar-refractivity contribution is 6.04. The topological polar surface area (TPSA) is 104 Å². The summed E-state index contributed by atoms with van der Waals surface area (Å²) in [6.07, 6.45) is 4.49. The highest BCUT2D eigenvalue weighted by Gasteiger charge is 2.17. The second-order valence-electron chi connectivity index (χ2n) is 11.8. The van der Waals surface area contributed by atoms with Crippen molar-refractivity contribution in [3.8, 4) is 0 Å². The molecule has 1 aliphatic heterocycles. The zero-order valence-electron chi connectivity index (χ0n) is 26.4. The summed E-state index contributed by atoms with van der Waals surface area (Å²) in [4.78, 5) is 26.7.